The van der Waals surface area contributed by atoms with Gasteiger partial charge < -0.3 is 20.9 Å². The van der Waals surface area contributed by atoms with Crippen molar-refractivity contribution < 1.29 is 14.4 Å². The minimum absolute atomic E-state index is 0.00432. The molecule has 1 fully saturated rings. The van der Waals surface area contributed by atoms with Crippen molar-refractivity contribution in [2.24, 2.45) is 0 Å². The number of piperidine rings is 1. The van der Waals surface area contributed by atoms with E-state index >= 15 is 0 Å². The third-order valence-electron chi connectivity index (χ3n) is 4.85. The largest absolute Gasteiger partial charge is 0.334 e. The van der Waals surface area contributed by atoms with E-state index < -0.39 is 6.04 Å². The molecule has 156 valence electrons. The van der Waals surface area contributed by atoms with Gasteiger partial charge in [-0.1, -0.05) is 36.4 Å². The minimum Gasteiger partial charge on any atom is -0.334 e. The van der Waals surface area contributed by atoms with Crippen LogP contribution >= 0.6 is 0 Å². The van der Waals surface area contributed by atoms with Crippen LogP contribution in [0.4, 0.5) is 16.2 Å². The van der Waals surface area contributed by atoms with Crippen LogP contribution in [0.15, 0.2) is 67.3 Å². The highest BCUT2D eigenvalue weighted by Crippen LogP contribution is 2.27. The number of rotatable bonds is 7. The Bertz CT molecular complexity index is 896. The van der Waals surface area contributed by atoms with Gasteiger partial charge in [0.05, 0.1) is 0 Å². The van der Waals surface area contributed by atoms with Crippen molar-refractivity contribution in [3.63, 3.8) is 0 Å². The highest BCUT2D eigenvalue weighted by Gasteiger charge is 2.32. The molecule has 1 aliphatic heterocycles. The Morgan fingerprint density at radius 2 is 1.67 bits per heavy atom. The fraction of sp³-hybridized carbons (Fsp3) is 0.261. The van der Waals surface area contributed by atoms with Crippen molar-refractivity contribution in [2.45, 2.75) is 25.3 Å². The van der Waals surface area contributed by atoms with Crippen LogP contribution in [0, 0.1) is 0 Å². The predicted molar refractivity (Wildman–Crippen MR) is 117 cm³/mol. The molecule has 7 nitrogen and oxygen atoms in total. The van der Waals surface area contributed by atoms with Crippen LogP contribution in [0.2, 0.25) is 0 Å². The predicted octanol–water partition coefficient (Wildman–Crippen LogP) is 3.69. The minimum atomic E-state index is -0.679. The van der Waals surface area contributed by atoms with E-state index in [9.17, 15) is 14.4 Å². The Balaban J connectivity index is 1.71. The number of hydrogen-bond donors (Lipinski definition) is 3. The van der Waals surface area contributed by atoms with Gasteiger partial charge in [0.15, 0.2) is 0 Å². The van der Waals surface area contributed by atoms with Crippen molar-refractivity contribution in [3.05, 3.63) is 72.8 Å². The molecule has 1 aliphatic rings. The van der Waals surface area contributed by atoms with Gasteiger partial charge >= 0.3 is 6.03 Å². The molecule has 30 heavy (non-hydrogen) atoms. The number of nitrogens with one attached hydrogen (secondary N) is 3. The Kier molecular flexibility index (Phi) is 7.21. The highest BCUT2D eigenvalue weighted by molar-refractivity contribution is 5.98. The summed E-state index contributed by atoms with van der Waals surface area (Å²) in [5.41, 5.74) is 1.96. The summed E-state index contributed by atoms with van der Waals surface area (Å²) < 4.78 is 0. The van der Waals surface area contributed by atoms with Crippen LogP contribution in [0.3, 0.4) is 0 Å². The normalized spacial score (nSPS) is 14.5. The van der Waals surface area contributed by atoms with E-state index in [1.165, 1.54) is 0 Å². The number of carbonyl (C=O) groups excluding carboxylic acids is 3. The summed E-state index contributed by atoms with van der Waals surface area (Å²) in [4.78, 5) is 39.0. The summed E-state index contributed by atoms with van der Waals surface area (Å²) in [7, 11) is 0. The van der Waals surface area contributed by atoms with E-state index in [-0.39, 0.29) is 17.8 Å². The summed E-state index contributed by atoms with van der Waals surface area (Å²) in [6, 6.07) is 15.1. The second-order valence-electron chi connectivity index (χ2n) is 7.05. The average Bonchev–Trinajstić information content (AvgIpc) is 2.76. The van der Waals surface area contributed by atoms with Gasteiger partial charge in [-0.2, -0.15) is 0 Å². The van der Waals surface area contributed by atoms with Gasteiger partial charge in [0, 0.05) is 30.9 Å². The Morgan fingerprint density at radius 1 is 1.00 bits per heavy atom. The topological polar surface area (TPSA) is 90.5 Å². The van der Waals surface area contributed by atoms with Crippen molar-refractivity contribution in [1.82, 2.24) is 10.2 Å². The number of benzene rings is 2. The molecule has 0 radical (unpaired) electrons. The van der Waals surface area contributed by atoms with Gasteiger partial charge in [0.2, 0.25) is 5.91 Å². The molecule has 2 aromatic rings. The maximum absolute atomic E-state index is 13.1. The summed E-state index contributed by atoms with van der Waals surface area (Å²) in [5.74, 6) is -0.267. The fourth-order valence-corrected chi connectivity index (χ4v) is 3.40. The summed E-state index contributed by atoms with van der Waals surface area (Å²) in [6.45, 7) is 4.48. The second-order valence-corrected chi connectivity index (χ2v) is 7.05. The summed E-state index contributed by atoms with van der Waals surface area (Å²) in [6.07, 6.45) is 3.79. The van der Waals surface area contributed by atoms with Crippen LogP contribution in [0.1, 0.15) is 30.9 Å². The molecule has 1 unspecified atom stereocenters. The van der Waals surface area contributed by atoms with E-state index in [0.29, 0.717) is 30.9 Å². The summed E-state index contributed by atoms with van der Waals surface area (Å²) in [5, 5.41) is 8.22. The molecule has 1 heterocycles. The molecule has 2 aromatic carbocycles. The lowest BCUT2D eigenvalue weighted by Crippen LogP contribution is -2.43. The number of hydrogen-bond acceptors (Lipinski definition) is 3. The van der Waals surface area contributed by atoms with E-state index in [4.69, 9.17) is 0 Å². The lowest BCUT2D eigenvalue weighted by atomic mass is 10.0. The molecule has 3 rings (SSSR count). The van der Waals surface area contributed by atoms with Gasteiger partial charge in [-0.15, -0.1) is 6.58 Å². The van der Waals surface area contributed by atoms with Crippen molar-refractivity contribution in [1.29, 1.82) is 0 Å². The molecule has 0 spiro atoms. The zero-order valence-corrected chi connectivity index (χ0v) is 16.8. The van der Waals surface area contributed by atoms with Gasteiger partial charge in [-0.05, 0) is 42.7 Å². The third-order valence-corrected chi connectivity index (χ3v) is 4.85. The fourth-order valence-electron chi connectivity index (χ4n) is 3.40. The van der Waals surface area contributed by atoms with Crippen LogP contribution in [-0.2, 0) is 9.59 Å². The van der Waals surface area contributed by atoms with Crippen molar-refractivity contribution >= 4 is 29.2 Å². The molecule has 3 N–H and O–H groups in total. The van der Waals surface area contributed by atoms with Gasteiger partial charge in [0.1, 0.15) is 6.04 Å². The number of amides is 4. The first-order valence-electron chi connectivity index (χ1n) is 9.99. The molecule has 0 saturated carbocycles. The lowest BCUT2D eigenvalue weighted by Gasteiger charge is -2.34. The standard InChI is InChI=1S/C23H26N4O3/c1-2-15-24-23(30)26-19-13-11-18(12-14-19)25-22(29)21(17-8-4-3-5-9-17)27-16-7-6-10-20(27)28/h2-5,8-9,11-14,21H,1,6-7,10,15-16H2,(H,25,29)(H2,24,26,30). The first kappa shape index (κ1) is 21.1. The van der Waals surface area contributed by atoms with E-state index in [1.807, 2.05) is 30.3 Å². The van der Waals surface area contributed by atoms with E-state index in [1.54, 1.807) is 35.2 Å². The first-order valence-corrected chi connectivity index (χ1v) is 9.99. The quantitative estimate of drug-likeness (QED) is 0.613. The maximum atomic E-state index is 13.1. The molecule has 0 bridgehead atoms. The Labute approximate surface area is 176 Å². The van der Waals surface area contributed by atoms with Crippen LogP contribution in [0.25, 0.3) is 0 Å². The maximum Gasteiger partial charge on any atom is 0.319 e. The SMILES string of the molecule is C=CCNC(=O)Nc1ccc(NC(=O)C(c2ccccc2)N2CCCCC2=O)cc1. The third kappa shape index (κ3) is 5.47. The van der Waals surface area contributed by atoms with Crippen molar-refractivity contribution in [2.75, 3.05) is 23.7 Å². The molecular formula is C23H26N4O3. The van der Waals surface area contributed by atoms with Gasteiger partial charge in [-0.3, -0.25) is 9.59 Å². The molecular weight excluding hydrogens is 380 g/mol. The Hall–Kier alpha value is -3.61. The smallest absolute Gasteiger partial charge is 0.319 e. The number of carbonyl (C=O) groups is 3. The van der Waals surface area contributed by atoms with Gasteiger partial charge in [0.25, 0.3) is 5.91 Å². The zero-order chi connectivity index (χ0) is 21.3. The van der Waals surface area contributed by atoms with E-state index in [0.717, 1.165) is 18.4 Å². The van der Waals surface area contributed by atoms with E-state index in [2.05, 4.69) is 22.5 Å². The second kappa shape index (κ2) is 10.2. The van der Waals surface area contributed by atoms with Crippen LogP contribution in [-0.4, -0.2) is 35.8 Å². The van der Waals surface area contributed by atoms with Crippen molar-refractivity contribution in [3.8, 4) is 0 Å². The number of urea groups is 1. The summed E-state index contributed by atoms with van der Waals surface area (Å²) >= 11 is 0. The Morgan fingerprint density at radius 3 is 2.30 bits per heavy atom. The number of anilines is 2. The highest BCUT2D eigenvalue weighted by atomic mass is 16.2. The molecule has 1 saturated heterocycles. The molecule has 7 heteroatoms. The number of nitrogens with zero attached hydrogens (tertiary/aromatic N) is 1. The van der Waals surface area contributed by atoms with Crippen LogP contribution < -0.4 is 16.0 Å². The molecule has 1 atom stereocenters. The van der Waals surface area contributed by atoms with Crippen LogP contribution in [0.5, 0.6) is 0 Å². The molecule has 0 aliphatic carbocycles. The first-order chi connectivity index (χ1) is 14.6. The number of likely N-dealkylation sites (tertiary alicyclic amines) is 1. The average molecular weight is 406 g/mol. The van der Waals surface area contributed by atoms with Gasteiger partial charge in [-0.25, -0.2) is 4.79 Å². The molecule has 4 amide bonds. The lowest BCUT2D eigenvalue weighted by molar-refractivity contribution is -0.141. The molecule has 0 aromatic heterocycles. The monoisotopic (exact) mass is 406 g/mol. The zero-order valence-electron chi connectivity index (χ0n) is 16.8.